The van der Waals surface area contributed by atoms with Crippen LogP contribution in [0.3, 0.4) is 0 Å². The van der Waals surface area contributed by atoms with Gasteiger partial charge in [-0.1, -0.05) is 32.0 Å². The number of aldehydes is 1. The summed E-state index contributed by atoms with van der Waals surface area (Å²) in [5, 5.41) is 0. The van der Waals surface area contributed by atoms with Crippen LogP contribution in [0.25, 0.3) is 6.08 Å². The average Bonchev–Trinajstić information content (AvgIpc) is 2.18. The third kappa shape index (κ3) is 3.24. The predicted octanol–water partition coefficient (Wildman–Crippen LogP) is 3.73. The molecule has 1 aromatic carbocycles. The summed E-state index contributed by atoms with van der Waals surface area (Å²) < 4.78 is 0. The molecule has 80 valence electrons. The van der Waals surface area contributed by atoms with Crippen molar-refractivity contribution in [3.63, 3.8) is 0 Å². The zero-order valence-corrected chi connectivity index (χ0v) is 10.2. The minimum Gasteiger partial charge on any atom is -0.298 e. The Morgan fingerprint density at radius 1 is 1.40 bits per heavy atom. The number of aryl methyl sites for hydroxylation is 1. The lowest BCUT2D eigenvalue weighted by Gasteiger charge is -2.05. The molecule has 0 saturated heterocycles. The first-order valence-corrected chi connectivity index (χ1v) is 5.45. The van der Waals surface area contributed by atoms with Gasteiger partial charge in [0.2, 0.25) is 0 Å². The second-order valence-electron chi connectivity index (χ2n) is 3.96. The largest absolute Gasteiger partial charge is 0.298 e. The Kier molecular flexibility index (Phi) is 4.15. The van der Waals surface area contributed by atoms with E-state index in [1.165, 1.54) is 0 Å². The lowest BCUT2D eigenvalue weighted by molar-refractivity contribution is 0.112. The van der Waals surface area contributed by atoms with Gasteiger partial charge < -0.3 is 0 Å². The monoisotopic (exact) mass is 220 g/mol. The van der Waals surface area contributed by atoms with Gasteiger partial charge in [-0.25, -0.2) is 0 Å². The summed E-state index contributed by atoms with van der Waals surface area (Å²) >= 11 is 4.41. The van der Waals surface area contributed by atoms with Crippen LogP contribution in [-0.4, -0.2) is 6.29 Å². The molecule has 0 aliphatic rings. The van der Waals surface area contributed by atoms with E-state index in [1.807, 2.05) is 31.2 Å². The highest BCUT2D eigenvalue weighted by atomic mass is 32.1. The number of hydrogen-bond acceptors (Lipinski definition) is 2. The van der Waals surface area contributed by atoms with Gasteiger partial charge in [-0.15, -0.1) is 12.6 Å². The Morgan fingerprint density at radius 3 is 2.53 bits per heavy atom. The Bertz CT molecular complexity index is 392. The molecule has 0 saturated carbocycles. The number of carbonyl (C=O) groups is 1. The van der Waals surface area contributed by atoms with Crippen LogP contribution in [-0.2, 0) is 0 Å². The topological polar surface area (TPSA) is 17.1 Å². The van der Waals surface area contributed by atoms with Crippen LogP contribution >= 0.6 is 12.6 Å². The first-order chi connectivity index (χ1) is 7.04. The second-order valence-corrected chi connectivity index (χ2v) is 4.47. The summed E-state index contributed by atoms with van der Waals surface area (Å²) in [6.45, 7) is 6.14. The van der Waals surface area contributed by atoms with Crippen LogP contribution in [0.5, 0.6) is 0 Å². The fourth-order valence-electron chi connectivity index (χ4n) is 1.26. The van der Waals surface area contributed by atoms with Gasteiger partial charge in [0.1, 0.15) is 6.29 Å². The molecule has 0 atom stereocenters. The van der Waals surface area contributed by atoms with Crippen molar-refractivity contribution in [2.24, 2.45) is 5.92 Å². The van der Waals surface area contributed by atoms with Crippen LogP contribution in [0.15, 0.2) is 23.1 Å². The van der Waals surface area contributed by atoms with Crippen LogP contribution < -0.4 is 0 Å². The summed E-state index contributed by atoms with van der Waals surface area (Å²) in [5.74, 6) is 0.430. The normalized spacial score (nSPS) is 11.9. The van der Waals surface area contributed by atoms with Crippen molar-refractivity contribution in [1.29, 1.82) is 0 Å². The van der Waals surface area contributed by atoms with E-state index in [9.17, 15) is 4.79 Å². The molecule has 2 heteroatoms. The smallest absolute Gasteiger partial charge is 0.150 e. The molecule has 0 heterocycles. The van der Waals surface area contributed by atoms with Gasteiger partial charge >= 0.3 is 0 Å². The lowest BCUT2D eigenvalue weighted by atomic mass is 10.0. The van der Waals surface area contributed by atoms with E-state index in [4.69, 9.17) is 0 Å². The number of hydrogen-bond donors (Lipinski definition) is 1. The fourth-order valence-corrected chi connectivity index (χ4v) is 1.41. The first kappa shape index (κ1) is 12.1. The van der Waals surface area contributed by atoms with E-state index in [2.05, 4.69) is 26.5 Å². The van der Waals surface area contributed by atoms with E-state index >= 15 is 0 Å². The van der Waals surface area contributed by atoms with E-state index < -0.39 is 0 Å². The van der Waals surface area contributed by atoms with Crippen LogP contribution in [0.2, 0.25) is 0 Å². The molecular formula is C13H16OS. The van der Waals surface area contributed by atoms with E-state index in [-0.39, 0.29) is 0 Å². The van der Waals surface area contributed by atoms with Crippen molar-refractivity contribution < 1.29 is 4.79 Å². The highest BCUT2D eigenvalue weighted by Gasteiger charge is 2.00. The summed E-state index contributed by atoms with van der Waals surface area (Å²) in [7, 11) is 0. The van der Waals surface area contributed by atoms with E-state index in [1.54, 1.807) is 0 Å². The maximum Gasteiger partial charge on any atom is 0.150 e. The molecule has 0 fully saturated rings. The van der Waals surface area contributed by atoms with Gasteiger partial charge in [0.05, 0.1) is 0 Å². The lowest BCUT2D eigenvalue weighted by Crippen LogP contribution is -1.89. The van der Waals surface area contributed by atoms with Crippen molar-refractivity contribution in [2.75, 3.05) is 0 Å². The summed E-state index contributed by atoms with van der Waals surface area (Å²) in [6.07, 6.45) is 2.92. The van der Waals surface area contributed by atoms with Crippen LogP contribution in [0.1, 0.15) is 35.3 Å². The molecule has 0 aliphatic carbocycles. The Morgan fingerprint density at radius 2 is 2.07 bits per heavy atom. The fraction of sp³-hybridized carbons (Fsp3) is 0.308. The third-order valence-electron chi connectivity index (χ3n) is 2.33. The molecule has 1 nitrogen and oxygen atoms in total. The van der Waals surface area contributed by atoms with Crippen LogP contribution in [0.4, 0.5) is 0 Å². The molecule has 0 unspecified atom stereocenters. The standard InChI is InChI=1S/C13H16OS/c1-9(2)13(15)7-11-4-5-12(8-14)10(3)6-11/h4-9,15H,1-3H3/b13-7-. The predicted molar refractivity (Wildman–Crippen MR) is 68.4 cm³/mol. The number of thiol groups is 1. The molecule has 0 spiro atoms. The van der Waals surface area contributed by atoms with Crippen molar-refractivity contribution in [3.8, 4) is 0 Å². The number of rotatable bonds is 3. The SMILES string of the molecule is Cc1cc(/C=C(\S)C(C)C)ccc1C=O. The minimum absolute atomic E-state index is 0.430. The molecule has 0 N–H and O–H groups in total. The molecule has 1 rings (SSSR count). The van der Waals surface area contributed by atoms with Gasteiger partial charge in [0.15, 0.2) is 0 Å². The highest BCUT2D eigenvalue weighted by Crippen LogP contribution is 2.19. The van der Waals surface area contributed by atoms with E-state index in [0.29, 0.717) is 5.92 Å². The molecular weight excluding hydrogens is 204 g/mol. The van der Waals surface area contributed by atoms with Gasteiger partial charge in [-0.05, 0) is 34.9 Å². The number of allylic oxidation sites excluding steroid dienone is 1. The Labute approximate surface area is 96.6 Å². The molecule has 0 amide bonds. The van der Waals surface area contributed by atoms with Crippen molar-refractivity contribution in [2.45, 2.75) is 20.8 Å². The van der Waals surface area contributed by atoms with Gasteiger partial charge in [-0.2, -0.15) is 0 Å². The third-order valence-corrected chi connectivity index (χ3v) is 2.97. The Hall–Kier alpha value is -1.02. The highest BCUT2D eigenvalue weighted by molar-refractivity contribution is 7.84. The zero-order valence-electron chi connectivity index (χ0n) is 9.32. The zero-order chi connectivity index (χ0) is 11.4. The molecule has 0 bridgehead atoms. The molecule has 15 heavy (non-hydrogen) atoms. The van der Waals surface area contributed by atoms with Crippen molar-refractivity contribution >= 4 is 25.0 Å². The number of carbonyl (C=O) groups excluding carboxylic acids is 1. The second kappa shape index (κ2) is 5.17. The van der Waals surface area contributed by atoms with Gasteiger partial charge in [0, 0.05) is 5.56 Å². The minimum atomic E-state index is 0.430. The molecule has 0 radical (unpaired) electrons. The first-order valence-electron chi connectivity index (χ1n) is 5.01. The van der Waals surface area contributed by atoms with E-state index in [0.717, 1.165) is 27.9 Å². The molecule has 0 aliphatic heterocycles. The maximum atomic E-state index is 10.6. The van der Waals surface area contributed by atoms with Crippen molar-refractivity contribution in [1.82, 2.24) is 0 Å². The summed E-state index contributed by atoms with van der Waals surface area (Å²) in [5.41, 5.74) is 2.85. The molecule has 1 aromatic rings. The molecule has 0 aromatic heterocycles. The number of benzene rings is 1. The van der Waals surface area contributed by atoms with Gasteiger partial charge in [0.25, 0.3) is 0 Å². The maximum absolute atomic E-state index is 10.6. The van der Waals surface area contributed by atoms with Crippen LogP contribution in [0, 0.1) is 12.8 Å². The van der Waals surface area contributed by atoms with Gasteiger partial charge in [-0.3, -0.25) is 4.79 Å². The Balaban J connectivity index is 3.03. The quantitative estimate of drug-likeness (QED) is 0.606. The summed E-state index contributed by atoms with van der Waals surface area (Å²) in [4.78, 5) is 11.7. The summed E-state index contributed by atoms with van der Waals surface area (Å²) in [6, 6.07) is 5.78. The average molecular weight is 220 g/mol. The van der Waals surface area contributed by atoms with Crippen molar-refractivity contribution in [3.05, 3.63) is 39.8 Å².